The van der Waals surface area contributed by atoms with Gasteiger partial charge in [0, 0.05) is 30.3 Å². The van der Waals surface area contributed by atoms with Crippen molar-refractivity contribution in [3.8, 4) is 0 Å². The summed E-state index contributed by atoms with van der Waals surface area (Å²) in [5, 5.41) is 0. The summed E-state index contributed by atoms with van der Waals surface area (Å²) in [7, 11) is 0. The highest BCUT2D eigenvalue weighted by molar-refractivity contribution is 5.40. The minimum absolute atomic E-state index is 0.0980. The van der Waals surface area contributed by atoms with Gasteiger partial charge < -0.3 is 20.1 Å². The van der Waals surface area contributed by atoms with Crippen LogP contribution in [0.5, 0.6) is 0 Å². The van der Waals surface area contributed by atoms with E-state index in [1.54, 1.807) is 0 Å². The standard InChI is InChI=1S/C13H19N5O2/c1-2-9-15-10(14)17-11(16-9)18-3-12-5-19-7-13(12,4-18)8-20-6-12/h2-8H2,1H3,(H2,14,15,16,17). The van der Waals surface area contributed by atoms with Gasteiger partial charge in [0.1, 0.15) is 5.82 Å². The number of hydrogen-bond donors (Lipinski definition) is 1. The molecule has 108 valence electrons. The normalized spacial score (nSPS) is 35.4. The Hall–Kier alpha value is -1.47. The van der Waals surface area contributed by atoms with Crippen molar-refractivity contribution in [3.63, 3.8) is 0 Å². The molecule has 2 N–H and O–H groups in total. The monoisotopic (exact) mass is 277 g/mol. The molecule has 20 heavy (non-hydrogen) atoms. The van der Waals surface area contributed by atoms with Crippen LogP contribution in [0.3, 0.4) is 0 Å². The summed E-state index contributed by atoms with van der Waals surface area (Å²) in [6.45, 7) is 6.84. The zero-order chi connectivity index (χ0) is 13.8. The fourth-order valence-corrected chi connectivity index (χ4v) is 3.75. The average Bonchev–Trinajstić information content (AvgIpc) is 2.98. The van der Waals surface area contributed by atoms with E-state index in [1.165, 1.54) is 0 Å². The Morgan fingerprint density at radius 3 is 2.20 bits per heavy atom. The number of rotatable bonds is 2. The van der Waals surface area contributed by atoms with E-state index < -0.39 is 0 Å². The van der Waals surface area contributed by atoms with Crippen LogP contribution in [0.15, 0.2) is 0 Å². The number of nitrogen functional groups attached to an aromatic ring is 1. The van der Waals surface area contributed by atoms with Crippen LogP contribution in [0.4, 0.5) is 11.9 Å². The van der Waals surface area contributed by atoms with Gasteiger partial charge in [0.05, 0.1) is 26.4 Å². The minimum Gasteiger partial charge on any atom is -0.380 e. The number of hydrogen-bond acceptors (Lipinski definition) is 7. The van der Waals surface area contributed by atoms with Crippen LogP contribution in [0, 0.1) is 10.8 Å². The molecular formula is C13H19N5O2. The highest BCUT2D eigenvalue weighted by Gasteiger charge is 2.65. The molecule has 0 spiro atoms. The van der Waals surface area contributed by atoms with Crippen LogP contribution in [-0.4, -0.2) is 54.5 Å². The maximum atomic E-state index is 5.79. The van der Waals surface area contributed by atoms with E-state index in [9.17, 15) is 0 Å². The van der Waals surface area contributed by atoms with Crippen LogP contribution < -0.4 is 10.6 Å². The van der Waals surface area contributed by atoms with Gasteiger partial charge >= 0.3 is 0 Å². The first-order chi connectivity index (χ1) is 9.66. The smallest absolute Gasteiger partial charge is 0.230 e. The van der Waals surface area contributed by atoms with E-state index in [0.717, 1.165) is 51.8 Å². The van der Waals surface area contributed by atoms with Crippen molar-refractivity contribution in [1.82, 2.24) is 15.0 Å². The van der Waals surface area contributed by atoms with E-state index in [1.807, 2.05) is 6.92 Å². The van der Waals surface area contributed by atoms with E-state index in [2.05, 4.69) is 19.9 Å². The molecule has 0 atom stereocenters. The second-order valence-electron chi connectivity index (χ2n) is 6.17. The largest absolute Gasteiger partial charge is 0.380 e. The molecule has 0 bridgehead atoms. The number of nitrogens with zero attached hydrogens (tertiary/aromatic N) is 4. The molecule has 0 unspecified atom stereocenters. The number of ether oxygens (including phenoxy) is 2. The van der Waals surface area contributed by atoms with Crippen LogP contribution >= 0.6 is 0 Å². The van der Waals surface area contributed by atoms with Gasteiger partial charge in [-0.15, -0.1) is 0 Å². The molecule has 4 heterocycles. The first-order valence-electron chi connectivity index (χ1n) is 7.07. The maximum Gasteiger partial charge on any atom is 0.230 e. The lowest BCUT2D eigenvalue weighted by molar-refractivity contribution is 0.0723. The Morgan fingerprint density at radius 1 is 1.05 bits per heavy atom. The van der Waals surface area contributed by atoms with Gasteiger partial charge in [-0.25, -0.2) is 0 Å². The third-order valence-corrected chi connectivity index (χ3v) is 4.91. The second-order valence-corrected chi connectivity index (χ2v) is 6.17. The molecule has 1 aromatic heterocycles. The van der Waals surface area contributed by atoms with Crippen LogP contribution in [0.25, 0.3) is 0 Å². The van der Waals surface area contributed by atoms with Crippen LogP contribution in [-0.2, 0) is 15.9 Å². The molecule has 3 saturated heterocycles. The molecule has 0 radical (unpaired) electrons. The quantitative estimate of drug-likeness (QED) is 0.805. The van der Waals surface area contributed by atoms with Gasteiger partial charge in [-0.2, -0.15) is 15.0 Å². The molecule has 0 amide bonds. The maximum absolute atomic E-state index is 5.79. The Bertz CT molecular complexity index is 520. The number of anilines is 2. The van der Waals surface area contributed by atoms with Crippen molar-refractivity contribution in [1.29, 1.82) is 0 Å². The molecular weight excluding hydrogens is 258 g/mol. The summed E-state index contributed by atoms with van der Waals surface area (Å²) in [6, 6.07) is 0. The molecule has 7 nitrogen and oxygen atoms in total. The van der Waals surface area contributed by atoms with E-state index in [-0.39, 0.29) is 10.8 Å². The summed E-state index contributed by atoms with van der Waals surface area (Å²) in [4.78, 5) is 15.2. The fraction of sp³-hybridized carbons (Fsp3) is 0.769. The summed E-state index contributed by atoms with van der Waals surface area (Å²) >= 11 is 0. The Balaban J connectivity index is 1.68. The highest BCUT2D eigenvalue weighted by atomic mass is 16.5. The van der Waals surface area contributed by atoms with Gasteiger partial charge in [0.25, 0.3) is 0 Å². The van der Waals surface area contributed by atoms with Crippen molar-refractivity contribution < 1.29 is 9.47 Å². The molecule has 4 rings (SSSR count). The number of aromatic nitrogens is 3. The summed E-state index contributed by atoms with van der Waals surface area (Å²) < 4.78 is 11.5. The predicted octanol–water partition coefficient (Wildman–Crippen LogP) is -0.131. The molecule has 1 aromatic rings. The molecule has 3 aliphatic heterocycles. The molecule has 7 heteroatoms. The van der Waals surface area contributed by atoms with E-state index in [4.69, 9.17) is 15.2 Å². The van der Waals surface area contributed by atoms with Gasteiger partial charge in [-0.05, 0) is 0 Å². The van der Waals surface area contributed by atoms with Crippen LogP contribution in [0.1, 0.15) is 12.7 Å². The Kier molecular flexibility index (Phi) is 2.47. The van der Waals surface area contributed by atoms with Crippen molar-refractivity contribution in [2.45, 2.75) is 13.3 Å². The number of aryl methyl sites for hydroxylation is 1. The fourth-order valence-electron chi connectivity index (χ4n) is 3.75. The lowest BCUT2D eigenvalue weighted by Crippen LogP contribution is -2.38. The predicted molar refractivity (Wildman–Crippen MR) is 72.3 cm³/mol. The molecule has 0 saturated carbocycles. The molecule has 0 aromatic carbocycles. The lowest BCUT2D eigenvalue weighted by Gasteiger charge is -2.25. The van der Waals surface area contributed by atoms with Crippen molar-refractivity contribution in [3.05, 3.63) is 5.82 Å². The lowest BCUT2D eigenvalue weighted by atomic mass is 9.71. The summed E-state index contributed by atoms with van der Waals surface area (Å²) in [5.41, 5.74) is 5.99. The van der Waals surface area contributed by atoms with Crippen LogP contribution in [0.2, 0.25) is 0 Å². The first-order valence-corrected chi connectivity index (χ1v) is 7.07. The molecule has 3 fully saturated rings. The van der Waals surface area contributed by atoms with Crippen molar-refractivity contribution in [2.75, 3.05) is 50.2 Å². The number of nitrogens with two attached hydrogens (primary N) is 1. The van der Waals surface area contributed by atoms with Crippen molar-refractivity contribution >= 4 is 11.9 Å². The van der Waals surface area contributed by atoms with E-state index >= 15 is 0 Å². The van der Waals surface area contributed by atoms with Gasteiger partial charge in [0.2, 0.25) is 11.9 Å². The van der Waals surface area contributed by atoms with E-state index in [0.29, 0.717) is 11.9 Å². The van der Waals surface area contributed by atoms with Gasteiger partial charge in [-0.1, -0.05) is 6.92 Å². The Labute approximate surface area is 117 Å². The zero-order valence-electron chi connectivity index (χ0n) is 11.6. The topological polar surface area (TPSA) is 86.4 Å². The second kappa shape index (κ2) is 4.02. The summed E-state index contributed by atoms with van der Waals surface area (Å²) in [6.07, 6.45) is 0.760. The average molecular weight is 277 g/mol. The van der Waals surface area contributed by atoms with Gasteiger partial charge in [0.15, 0.2) is 0 Å². The summed E-state index contributed by atoms with van der Waals surface area (Å²) in [5.74, 6) is 1.75. The molecule has 0 aliphatic carbocycles. The zero-order valence-corrected chi connectivity index (χ0v) is 11.6. The van der Waals surface area contributed by atoms with Gasteiger partial charge in [-0.3, -0.25) is 0 Å². The third kappa shape index (κ3) is 1.50. The third-order valence-electron chi connectivity index (χ3n) is 4.91. The minimum atomic E-state index is 0.0980. The SMILES string of the molecule is CCc1nc(N)nc(N2CC34COCC3(COC4)C2)n1. The highest BCUT2D eigenvalue weighted by Crippen LogP contribution is 2.55. The first kappa shape index (κ1) is 12.3. The Morgan fingerprint density at radius 2 is 1.65 bits per heavy atom. The molecule has 3 aliphatic rings. The van der Waals surface area contributed by atoms with Crippen molar-refractivity contribution in [2.24, 2.45) is 10.8 Å².